The number of benzene rings is 2. The van der Waals surface area contributed by atoms with Crippen LogP contribution in [0.3, 0.4) is 0 Å². The summed E-state index contributed by atoms with van der Waals surface area (Å²) in [6.45, 7) is 16.9. The number of hydrogen-bond donors (Lipinski definition) is 1. The van der Waals surface area contributed by atoms with Crippen molar-refractivity contribution in [3.63, 3.8) is 0 Å². The lowest BCUT2D eigenvalue weighted by Gasteiger charge is -2.43. The molecule has 2 aromatic rings. The molecule has 3 aliphatic rings. The fourth-order valence-electron chi connectivity index (χ4n) is 7.87. The van der Waals surface area contributed by atoms with Crippen molar-refractivity contribution in [2.75, 3.05) is 31.1 Å². The van der Waals surface area contributed by atoms with Crippen molar-refractivity contribution >= 4 is 45.9 Å². The second-order valence-electron chi connectivity index (χ2n) is 12.6. The van der Waals surface area contributed by atoms with Crippen LogP contribution in [0.5, 0.6) is 0 Å². The van der Waals surface area contributed by atoms with E-state index >= 15 is 4.79 Å². The van der Waals surface area contributed by atoms with Crippen LogP contribution in [0.1, 0.15) is 40.5 Å². The van der Waals surface area contributed by atoms with Gasteiger partial charge < -0.3 is 19.8 Å². The average Bonchev–Trinajstić information content (AvgIpc) is 3.59. The van der Waals surface area contributed by atoms with Gasteiger partial charge in [-0.1, -0.05) is 70.2 Å². The zero-order chi connectivity index (χ0) is 31.1. The number of carbonyl (C=O) groups excluding carboxylic acids is 3. The van der Waals surface area contributed by atoms with Gasteiger partial charge in [0, 0.05) is 30.6 Å². The van der Waals surface area contributed by atoms with Crippen molar-refractivity contribution in [2.45, 2.75) is 62.6 Å². The van der Waals surface area contributed by atoms with Crippen molar-refractivity contribution in [3.05, 3.63) is 67.8 Å². The molecule has 2 aromatic carbocycles. The lowest BCUT2D eigenvalue weighted by Crippen LogP contribution is -2.60. The predicted molar refractivity (Wildman–Crippen MR) is 175 cm³/mol. The van der Waals surface area contributed by atoms with E-state index < -0.39 is 28.7 Å². The third-order valence-corrected chi connectivity index (χ3v) is 11.9. The Morgan fingerprint density at radius 1 is 1.12 bits per heavy atom. The number of aliphatic hydroxyl groups is 1. The van der Waals surface area contributed by atoms with Crippen molar-refractivity contribution in [1.82, 2.24) is 9.80 Å². The quantitative estimate of drug-likeness (QED) is 0.340. The van der Waals surface area contributed by atoms with Gasteiger partial charge in [0.05, 0.1) is 29.2 Å². The number of carbonyl (C=O) groups is 3. The van der Waals surface area contributed by atoms with Gasteiger partial charge in [-0.25, -0.2) is 0 Å². The summed E-state index contributed by atoms with van der Waals surface area (Å²) in [7, 11) is 0. The molecule has 5 rings (SSSR count). The molecule has 0 saturated carbocycles. The smallest absolute Gasteiger partial charge is 0.251 e. The van der Waals surface area contributed by atoms with E-state index in [2.05, 4.69) is 20.1 Å². The van der Waals surface area contributed by atoms with Crippen LogP contribution in [-0.2, 0) is 14.4 Å². The highest BCUT2D eigenvalue weighted by Gasteiger charge is 2.77. The third kappa shape index (κ3) is 5.00. The lowest BCUT2D eigenvalue weighted by molar-refractivity contribution is -0.146. The van der Waals surface area contributed by atoms with Gasteiger partial charge in [-0.2, -0.15) is 0 Å². The highest BCUT2D eigenvalue weighted by Crippen LogP contribution is 2.69. The Bertz CT molecular complexity index is 1410. The van der Waals surface area contributed by atoms with Crippen LogP contribution in [0.4, 0.5) is 5.69 Å². The van der Waals surface area contributed by atoms with Crippen LogP contribution >= 0.6 is 11.8 Å². The van der Waals surface area contributed by atoms with Gasteiger partial charge in [0.2, 0.25) is 11.8 Å². The Morgan fingerprint density at radius 2 is 1.81 bits per heavy atom. The van der Waals surface area contributed by atoms with E-state index in [4.69, 9.17) is 0 Å². The zero-order valence-corrected chi connectivity index (χ0v) is 26.6. The number of nitrogens with zero attached hydrogens (tertiary/aromatic N) is 3. The maximum Gasteiger partial charge on any atom is 0.251 e. The van der Waals surface area contributed by atoms with Crippen LogP contribution in [-0.4, -0.2) is 80.9 Å². The summed E-state index contributed by atoms with van der Waals surface area (Å²) in [5.41, 5.74) is 0.735. The van der Waals surface area contributed by atoms with Crippen molar-refractivity contribution in [2.24, 2.45) is 23.7 Å². The number of hydrogen-bond acceptors (Lipinski definition) is 5. The molecule has 8 heteroatoms. The summed E-state index contributed by atoms with van der Waals surface area (Å²) >= 11 is 1.67. The van der Waals surface area contributed by atoms with Crippen LogP contribution in [0.25, 0.3) is 10.8 Å². The molecule has 3 aliphatic heterocycles. The zero-order valence-electron chi connectivity index (χ0n) is 25.8. The van der Waals surface area contributed by atoms with E-state index in [1.54, 1.807) is 33.7 Å². The minimum absolute atomic E-state index is 0.0259. The molecule has 7 atom stereocenters. The van der Waals surface area contributed by atoms with Crippen molar-refractivity contribution < 1.29 is 19.5 Å². The highest BCUT2D eigenvalue weighted by atomic mass is 32.2. The molecule has 1 N–H and O–H groups in total. The van der Waals surface area contributed by atoms with Gasteiger partial charge in [-0.05, 0) is 47.6 Å². The Balaban J connectivity index is 1.64. The number of anilines is 1. The summed E-state index contributed by atoms with van der Waals surface area (Å²) in [5, 5.41) is 12.7. The van der Waals surface area contributed by atoms with E-state index in [0.29, 0.717) is 13.1 Å². The van der Waals surface area contributed by atoms with Crippen LogP contribution in [0.2, 0.25) is 0 Å². The van der Waals surface area contributed by atoms with E-state index in [9.17, 15) is 14.7 Å². The third-order valence-electron chi connectivity index (χ3n) is 9.79. The van der Waals surface area contributed by atoms with Gasteiger partial charge >= 0.3 is 0 Å². The Hall–Kier alpha value is -3.10. The lowest BCUT2D eigenvalue weighted by atomic mass is 9.65. The first-order valence-corrected chi connectivity index (χ1v) is 16.5. The van der Waals surface area contributed by atoms with E-state index in [1.807, 2.05) is 68.1 Å². The van der Waals surface area contributed by atoms with E-state index in [1.165, 1.54) is 0 Å². The number of rotatable bonds is 12. The average molecular weight is 604 g/mol. The van der Waals surface area contributed by atoms with E-state index in [0.717, 1.165) is 29.3 Å². The minimum atomic E-state index is -0.821. The van der Waals surface area contributed by atoms with Crippen LogP contribution in [0, 0.1) is 23.7 Å². The number of amides is 3. The largest absolute Gasteiger partial charge is 0.394 e. The molecule has 0 aromatic heterocycles. The molecular formula is C35H45N3O4S. The molecule has 3 heterocycles. The molecule has 1 spiro atoms. The van der Waals surface area contributed by atoms with Crippen molar-refractivity contribution in [3.8, 4) is 0 Å². The minimum Gasteiger partial charge on any atom is -0.394 e. The molecule has 43 heavy (non-hydrogen) atoms. The Labute approximate surface area is 260 Å². The first kappa shape index (κ1) is 31.3. The van der Waals surface area contributed by atoms with Gasteiger partial charge in [0.15, 0.2) is 0 Å². The summed E-state index contributed by atoms with van der Waals surface area (Å²) in [6.07, 6.45) is 5.01. The fourth-order valence-corrected chi connectivity index (χ4v) is 10.3. The predicted octanol–water partition coefficient (Wildman–Crippen LogP) is 5.14. The topological polar surface area (TPSA) is 81.2 Å². The van der Waals surface area contributed by atoms with Gasteiger partial charge in [0.1, 0.15) is 6.04 Å². The summed E-state index contributed by atoms with van der Waals surface area (Å²) in [5.74, 6) is -1.59. The van der Waals surface area contributed by atoms with Crippen molar-refractivity contribution in [1.29, 1.82) is 0 Å². The second kappa shape index (κ2) is 12.5. The monoisotopic (exact) mass is 603 g/mol. The Morgan fingerprint density at radius 3 is 2.44 bits per heavy atom. The summed E-state index contributed by atoms with van der Waals surface area (Å²) in [4.78, 5) is 49.1. The molecule has 3 saturated heterocycles. The summed E-state index contributed by atoms with van der Waals surface area (Å²) in [6, 6.07) is 12.6. The number of fused-ring (bicyclic) bond motifs is 2. The normalized spacial score (nSPS) is 28.3. The van der Waals surface area contributed by atoms with Crippen LogP contribution in [0.15, 0.2) is 67.8 Å². The SMILES string of the molecule is C=CCN(CCC)C(=O)[C@@H]1[C@H]2C(=O)N([C@@H](CO)C(C)C)C(C(=O)N(CC=C)c3ccc4ccccc4c3)C23S[C@@H]1CC3C. The standard InChI is InChI=1S/C35H45N3O4S/c1-7-16-36(17-8-2)32(40)29-28-19-23(6)35(43-28)30(29)33(41)38(27(21-39)22(4)5)31(35)34(42)37(18-9-3)26-15-14-24-12-10-11-13-25(24)20-26/h7,9-15,20,22-23,27-31,39H,1,3,8,16-19,21H2,2,4-6H3/t23?,27-,28+,29-,30-,31?,35?/m0/s1. The molecule has 230 valence electrons. The number of aliphatic hydroxyl groups excluding tert-OH is 1. The molecular weight excluding hydrogens is 558 g/mol. The molecule has 3 fully saturated rings. The van der Waals surface area contributed by atoms with Gasteiger partial charge in [0.25, 0.3) is 5.91 Å². The molecule has 0 aliphatic carbocycles. The van der Waals surface area contributed by atoms with Gasteiger partial charge in [-0.15, -0.1) is 24.9 Å². The maximum absolute atomic E-state index is 15.0. The molecule has 2 bridgehead atoms. The fraction of sp³-hybridized carbons (Fsp3) is 0.514. The first-order chi connectivity index (χ1) is 20.7. The number of thioether (sulfide) groups is 1. The molecule has 7 nitrogen and oxygen atoms in total. The Kier molecular flexibility index (Phi) is 9.10. The maximum atomic E-state index is 15.0. The molecule has 3 amide bonds. The number of likely N-dealkylation sites (tertiary alicyclic amines) is 1. The second-order valence-corrected chi connectivity index (χ2v) is 14.2. The molecule has 3 unspecified atom stereocenters. The van der Waals surface area contributed by atoms with E-state index in [-0.39, 0.29) is 48.0 Å². The highest BCUT2D eigenvalue weighted by molar-refractivity contribution is 8.02. The van der Waals surface area contributed by atoms with Gasteiger partial charge in [-0.3, -0.25) is 14.4 Å². The molecule has 0 radical (unpaired) electrons. The van der Waals surface area contributed by atoms with Crippen LogP contribution < -0.4 is 4.90 Å². The summed E-state index contributed by atoms with van der Waals surface area (Å²) < 4.78 is -0.774. The first-order valence-electron chi connectivity index (χ1n) is 15.6.